The molecular formula is C26H32B2Br2K5N9O5S2. The minimum absolute atomic E-state index is 0. The van der Waals surface area contributed by atoms with Gasteiger partial charge in [0.15, 0.2) is 11.9 Å². The second kappa shape index (κ2) is 30.2. The molecule has 4 atom stereocenters. The Morgan fingerprint density at radius 2 is 1.31 bits per heavy atom. The first-order valence-corrected chi connectivity index (χ1v) is 51.1. The van der Waals surface area contributed by atoms with Crippen LogP contribution in [0.4, 0.5) is 0 Å². The molecule has 248 valence electrons. The van der Waals surface area contributed by atoms with Gasteiger partial charge < -0.3 is 36.6 Å². The summed E-state index contributed by atoms with van der Waals surface area (Å²) in [5, 5.41) is 23.3. The molecule has 3 N–H and O–H groups in total. The fourth-order valence-corrected chi connectivity index (χ4v) is 8.44. The van der Waals surface area contributed by atoms with Crippen LogP contribution in [0.3, 0.4) is 0 Å². The van der Waals surface area contributed by atoms with Gasteiger partial charge in [-0.2, -0.15) is 0 Å². The van der Waals surface area contributed by atoms with E-state index in [2.05, 4.69) is 62.3 Å². The average molecular weight is 992 g/mol. The van der Waals surface area contributed by atoms with Crippen LogP contribution in [0.5, 0.6) is 0 Å². The van der Waals surface area contributed by atoms with Crippen LogP contribution < -0.4 is 62.0 Å². The van der Waals surface area contributed by atoms with Crippen molar-refractivity contribution in [1.29, 1.82) is 0 Å². The Kier molecular flexibility index (Phi) is 33.3. The molecule has 0 bridgehead atoms. The number of amides is 2. The Hall–Kier alpha value is 5.16. The summed E-state index contributed by atoms with van der Waals surface area (Å²) in [4.78, 5) is 62.0. The number of thiophene rings is 2. The second-order valence-corrected chi connectivity index (χ2v) is 14.2. The molecule has 25 heteroatoms. The molecule has 2 amide bonds. The number of carbonyl (C=O) groups is 4. The summed E-state index contributed by atoms with van der Waals surface area (Å²) >= 11 is 14.9. The number of azide groups is 1. The summed E-state index contributed by atoms with van der Waals surface area (Å²) in [7, 11) is 5.39. The number of halogens is 2. The molecule has 2 aliphatic rings. The number of rotatable bonds is 11. The first-order chi connectivity index (χ1) is 23.9. The minimum atomic E-state index is -0.721. The zero-order valence-electron chi connectivity index (χ0n) is 31.4. The van der Waals surface area contributed by atoms with Crippen LogP contribution >= 0.6 is 54.5 Å². The Morgan fingerprint density at radius 3 is 1.63 bits per heavy atom. The van der Waals surface area contributed by atoms with Crippen molar-refractivity contribution in [3.05, 3.63) is 52.0 Å². The van der Waals surface area contributed by atoms with Gasteiger partial charge in [-0.3, -0.25) is 19.4 Å². The van der Waals surface area contributed by atoms with Crippen molar-refractivity contribution >= 4 is 232 Å². The maximum absolute atomic E-state index is 12.8. The topological polar surface area (TPSA) is 193 Å². The van der Waals surface area contributed by atoms with Crippen LogP contribution in [0.15, 0.2) is 46.8 Å². The Bertz CT molecular complexity index is 1580. The van der Waals surface area contributed by atoms with Crippen LogP contribution in [0.25, 0.3) is 10.4 Å². The van der Waals surface area contributed by atoms with E-state index >= 15 is 0 Å². The SMILES string of the molecule is CN1C(=O)[C@H](CCN=[N+]=[N-])[C@@](C)(c2cc(Br)cs2)NC1=N[B]C=O.CN1C(=O)[C@H](CCO)[C@@](C)(c2cc(Br)cs2)NC1=N[B]C=O.[H-].[K+].[K][K].[K][K]. The zero-order valence-corrected chi connectivity index (χ0v) is 50.8. The molecule has 0 aromatic carbocycles. The van der Waals surface area contributed by atoms with Crippen LogP contribution in [0.1, 0.15) is 37.9 Å². The van der Waals surface area contributed by atoms with E-state index in [1.165, 1.54) is 159 Å². The fourth-order valence-electron chi connectivity index (χ4n) is 5.24. The van der Waals surface area contributed by atoms with E-state index in [0.29, 0.717) is 37.1 Å². The third-order valence-corrected chi connectivity index (χ3v) is 11.6. The van der Waals surface area contributed by atoms with Crippen molar-refractivity contribution in [2.75, 3.05) is 27.2 Å². The van der Waals surface area contributed by atoms with Gasteiger partial charge in [-0.25, -0.2) is 0 Å². The molecule has 51 heavy (non-hydrogen) atoms. The van der Waals surface area contributed by atoms with Gasteiger partial charge >= 0.3 is 193 Å². The summed E-state index contributed by atoms with van der Waals surface area (Å²) < 4.78 is 1.85. The molecule has 4 heterocycles. The van der Waals surface area contributed by atoms with Crippen molar-refractivity contribution in [1.82, 2.24) is 20.4 Å². The number of aliphatic hydroxyl groups is 1. The average Bonchev–Trinajstić information content (AvgIpc) is 3.77. The number of guanidine groups is 2. The molecule has 0 saturated carbocycles. The van der Waals surface area contributed by atoms with E-state index < -0.39 is 22.9 Å². The summed E-state index contributed by atoms with van der Waals surface area (Å²) in [5.41, 5.74) is 7.07. The van der Waals surface area contributed by atoms with Gasteiger partial charge in [0, 0.05) is 61.6 Å². The number of nitrogens with zero attached hydrogens (tertiary/aromatic N) is 7. The molecule has 4 rings (SSSR count). The van der Waals surface area contributed by atoms with Crippen LogP contribution in [0.2, 0.25) is 0 Å². The maximum atomic E-state index is 12.8. The van der Waals surface area contributed by atoms with Crippen LogP contribution in [-0.2, 0) is 30.3 Å². The number of nitrogens with one attached hydrogen (secondary N) is 2. The summed E-state index contributed by atoms with van der Waals surface area (Å²) in [6.45, 7) is 3.96. The first kappa shape index (κ1) is 56.2. The predicted molar refractivity (Wildman–Crippen MR) is 212 cm³/mol. The van der Waals surface area contributed by atoms with Gasteiger partial charge in [-0.05, 0) is 76.2 Å². The molecule has 0 aliphatic carbocycles. The molecule has 2 fully saturated rings. The van der Waals surface area contributed by atoms with E-state index in [4.69, 9.17) is 5.53 Å². The first-order valence-electron chi connectivity index (χ1n) is 15.8. The number of hydrogen-bond donors (Lipinski definition) is 3. The third-order valence-electron chi connectivity index (χ3n) is 7.70. The molecule has 14 nitrogen and oxygen atoms in total. The normalized spacial score (nSPS) is 23.7. The van der Waals surface area contributed by atoms with Crippen molar-refractivity contribution in [2.45, 2.75) is 37.8 Å². The summed E-state index contributed by atoms with van der Waals surface area (Å²) in [5.74, 6) is -0.528. The van der Waals surface area contributed by atoms with Gasteiger partial charge in [-0.15, -0.1) is 22.7 Å². The van der Waals surface area contributed by atoms with Crippen molar-refractivity contribution < 1.29 is 77.1 Å². The standard InChI is InChI=1S/C13H15BBrN6O2S.C13H16BBrN3O3S.5K.H/c1-13(10-5-8(15)6-24-10)9(3-4-17-20-16)11(23)21(2)12(18-13)19-14-7-22;1-13(10-5-8(15)6-22-10)9(3-4-19)11(21)18(2)12(16-13)17-14-7-20;;;;;;/h5-7,9H,3-4H2,1-2H3,(H,18,19);5-7,9,19H,3-4H2,1-2H3,(H,16,17);;;;;;/q;;;;;;+1;-1/t2*9-,13-;;;;;;/m00....../s1. The van der Waals surface area contributed by atoms with E-state index in [1.807, 2.05) is 36.7 Å². The van der Waals surface area contributed by atoms with Crippen molar-refractivity contribution in [3.8, 4) is 0 Å². The van der Waals surface area contributed by atoms with E-state index in [1.54, 1.807) is 14.1 Å². The molecule has 2 aromatic heterocycles. The van der Waals surface area contributed by atoms with Crippen LogP contribution in [-0.4, -0.2) is 219 Å². The molecule has 2 aromatic rings. The number of hydrogen-bond acceptors (Lipinski definition) is 10. The van der Waals surface area contributed by atoms with Crippen LogP contribution in [0, 0.1) is 11.8 Å². The molecule has 0 unspecified atom stereocenters. The zero-order chi connectivity index (χ0) is 38.1. The van der Waals surface area contributed by atoms with E-state index in [0.717, 1.165) is 33.5 Å². The Balaban J connectivity index is 0. The van der Waals surface area contributed by atoms with Gasteiger partial charge in [0.25, 0.3) is 0 Å². The van der Waals surface area contributed by atoms with Gasteiger partial charge in [0.1, 0.15) is 12.4 Å². The van der Waals surface area contributed by atoms with E-state index in [-0.39, 0.29) is 77.8 Å². The van der Waals surface area contributed by atoms with Gasteiger partial charge in [-0.1, -0.05) is 5.11 Å². The Morgan fingerprint density at radius 1 is 0.922 bits per heavy atom. The fraction of sp³-hybridized carbons (Fsp3) is 0.462. The van der Waals surface area contributed by atoms with E-state index in [9.17, 15) is 24.3 Å². The third kappa shape index (κ3) is 16.5. The molecule has 0 spiro atoms. The molecule has 2 saturated heterocycles. The molecule has 2 aliphatic heterocycles. The monoisotopic (exact) mass is 989 g/mol. The van der Waals surface area contributed by atoms with Crippen molar-refractivity contribution in [3.63, 3.8) is 0 Å². The molecule has 2 radical (unpaired) electrons. The second-order valence-electron chi connectivity index (χ2n) is 10.5. The molecular weight excluding hydrogens is 959 g/mol. The number of aliphatic hydroxyl groups excluding tert-OH is 1. The number of carbonyl (C=O) groups excluding carboxylic acids is 4. The summed E-state index contributed by atoms with van der Waals surface area (Å²) in [6.07, 6.45) is 1.86. The predicted octanol–water partition coefficient (Wildman–Crippen LogP) is -1.19. The summed E-state index contributed by atoms with van der Waals surface area (Å²) in [6, 6.07) is 3.89. The van der Waals surface area contributed by atoms with Gasteiger partial charge in [0.05, 0.1) is 22.9 Å². The quantitative estimate of drug-likeness (QED) is 0.0830. The van der Waals surface area contributed by atoms with Gasteiger partial charge in [0.2, 0.25) is 11.8 Å². The van der Waals surface area contributed by atoms with Crippen molar-refractivity contribution in [2.24, 2.45) is 26.8 Å². The Labute approximate surface area is 459 Å².